The van der Waals surface area contributed by atoms with Gasteiger partial charge in [0.05, 0.1) is 18.6 Å². The van der Waals surface area contributed by atoms with E-state index in [1.165, 1.54) is 18.0 Å². The molecule has 0 unspecified atom stereocenters. The summed E-state index contributed by atoms with van der Waals surface area (Å²) in [6.07, 6.45) is 1.52. The van der Waals surface area contributed by atoms with E-state index in [9.17, 15) is 14.9 Å². The summed E-state index contributed by atoms with van der Waals surface area (Å²) in [5, 5.41) is 15.7. The molecule has 1 aromatic heterocycles. The number of halogens is 1. The summed E-state index contributed by atoms with van der Waals surface area (Å²) >= 11 is 6.03. The van der Waals surface area contributed by atoms with Gasteiger partial charge in [0, 0.05) is 44.2 Å². The lowest BCUT2D eigenvalue weighted by Gasteiger charge is -2.34. The molecule has 9 nitrogen and oxygen atoms in total. The van der Waals surface area contributed by atoms with Crippen LogP contribution in [0, 0.1) is 10.1 Å². The maximum Gasteiger partial charge on any atom is 0.350 e. The fourth-order valence-electron chi connectivity index (χ4n) is 3.20. The highest BCUT2D eigenvalue weighted by Crippen LogP contribution is 2.24. The Labute approximate surface area is 167 Å². The molecule has 0 spiro atoms. The first kappa shape index (κ1) is 20.1. The predicted molar refractivity (Wildman–Crippen MR) is 103 cm³/mol. The number of rotatable bonds is 7. The third kappa shape index (κ3) is 4.99. The van der Waals surface area contributed by atoms with E-state index in [-0.39, 0.29) is 30.4 Å². The van der Waals surface area contributed by atoms with E-state index in [0.717, 1.165) is 30.2 Å². The molecule has 0 atom stereocenters. The molecule has 1 aromatic carbocycles. The molecule has 1 aliphatic heterocycles. The monoisotopic (exact) mass is 407 g/mol. The highest BCUT2D eigenvalue weighted by Gasteiger charge is 2.23. The summed E-state index contributed by atoms with van der Waals surface area (Å²) in [4.78, 5) is 27.0. The second kappa shape index (κ2) is 9.03. The first-order valence-corrected chi connectivity index (χ1v) is 9.34. The molecule has 2 heterocycles. The second-order valence-corrected chi connectivity index (χ2v) is 7.02. The third-order valence-electron chi connectivity index (χ3n) is 4.67. The van der Waals surface area contributed by atoms with Gasteiger partial charge in [-0.05, 0) is 17.7 Å². The van der Waals surface area contributed by atoms with Crippen LogP contribution in [0.15, 0.2) is 30.5 Å². The predicted octanol–water partition coefficient (Wildman–Crippen LogP) is 2.19. The molecule has 3 rings (SSSR count). The van der Waals surface area contributed by atoms with Crippen molar-refractivity contribution in [3.8, 4) is 5.88 Å². The van der Waals surface area contributed by atoms with Gasteiger partial charge in [0.1, 0.15) is 6.20 Å². The fourth-order valence-corrected chi connectivity index (χ4v) is 3.41. The van der Waals surface area contributed by atoms with Gasteiger partial charge in [-0.3, -0.25) is 24.5 Å². The normalized spacial score (nSPS) is 14.9. The van der Waals surface area contributed by atoms with Gasteiger partial charge in [-0.25, -0.2) is 0 Å². The van der Waals surface area contributed by atoms with Crippen LogP contribution in [0.5, 0.6) is 5.88 Å². The summed E-state index contributed by atoms with van der Waals surface area (Å²) in [7, 11) is 1.33. The first-order valence-electron chi connectivity index (χ1n) is 8.96. The Balaban J connectivity index is 1.47. The van der Waals surface area contributed by atoms with E-state index in [0.29, 0.717) is 13.1 Å². The third-order valence-corrected chi connectivity index (χ3v) is 4.91. The molecule has 0 bridgehead atoms. The smallest absolute Gasteiger partial charge is 0.350 e. The number of methoxy groups -OCH3 is 1. The topological polar surface area (TPSA) is 93.7 Å². The maximum absolute atomic E-state index is 12.5. The second-order valence-electron chi connectivity index (χ2n) is 6.58. The molecule has 1 amide bonds. The van der Waals surface area contributed by atoms with Crippen LogP contribution in [0.2, 0.25) is 5.02 Å². The summed E-state index contributed by atoms with van der Waals surface area (Å²) in [6, 6.07) is 7.79. The number of carbonyl (C=O) groups excluding carboxylic acids is 1. The Kier molecular flexibility index (Phi) is 6.48. The number of nitro groups is 1. The van der Waals surface area contributed by atoms with E-state index in [2.05, 4.69) is 10.00 Å². The van der Waals surface area contributed by atoms with E-state index in [1.54, 1.807) is 0 Å². The number of aromatic nitrogens is 2. The van der Waals surface area contributed by atoms with Gasteiger partial charge in [0.2, 0.25) is 5.91 Å². The molecule has 0 N–H and O–H groups in total. The molecule has 1 fully saturated rings. The van der Waals surface area contributed by atoms with Gasteiger partial charge in [-0.1, -0.05) is 23.7 Å². The van der Waals surface area contributed by atoms with Crippen LogP contribution in [0.3, 0.4) is 0 Å². The van der Waals surface area contributed by atoms with Crippen molar-refractivity contribution in [3.63, 3.8) is 0 Å². The van der Waals surface area contributed by atoms with Crippen molar-refractivity contribution in [2.45, 2.75) is 19.5 Å². The average Bonchev–Trinajstić information content (AvgIpc) is 3.10. The molecule has 1 saturated heterocycles. The van der Waals surface area contributed by atoms with Gasteiger partial charge in [0.15, 0.2) is 0 Å². The summed E-state index contributed by atoms with van der Waals surface area (Å²) in [5.41, 5.74) is 0.950. The van der Waals surface area contributed by atoms with Crippen molar-refractivity contribution in [1.82, 2.24) is 19.6 Å². The van der Waals surface area contributed by atoms with Gasteiger partial charge in [-0.2, -0.15) is 0 Å². The zero-order chi connectivity index (χ0) is 20.1. The highest BCUT2D eigenvalue weighted by atomic mass is 35.5. The lowest BCUT2D eigenvalue weighted by molar-refractivity contribution is -0.385. The van der Waals surface area contributed by atoms with Crippen LogP contribution in [0.1, 0.15) is 12.0 Å². The Morgan fingerprint density at radius 3 is 2.68 bits per heavy atom. The molecule has 10 heteroatoms. The van der Waals surface area contributed by atoms with Crippen molar-refractivity contribution in [1.29, 1.82) is 0 Å². The first-order chi connectivity index (χ1) is 13.5. The molecule has 0 radical (unpaired) electrons. The van der Waals surface area contributed by atoms with Crippen molar-refractivity contribution in [2.75, 3.05) is 33.3 Å². The van der Waals surface area contributed by atoms with Crippen LogP contribution < -0.4 is 4.74 Å². The number of carbonyl (C=O) groups is 1. The fraction of sp³-hybridized carbons (Fsp3) is 0.444. The molecule has 2 aromatic rings. The number of hydrogen-bond donors (Lipinski definition) is 0. The van der Waals surface area contributed by atoms with E-state index in [4.69, 9.17) is 16.3 Å². The molecule has 0 aliphatic carbocycles. The van der Waals surface area contributed by atoms with Crippen LogP contribution >= 0.6 is 11.6 Å². The lowest BCUT2D eigenvalue weighted by Crippen LogP contribution is -2.48. The Hall–Kier alpha value is -2.65. The Morgan fingerprint density at radius 2 is 2.07 bits per heavy atom. The zero-order valence-corrected chi connectivity index (χ0v) is 16.3. The van der Waals surface area contributed by atoms with Crippen LogP contribution in [0.25, 0.3) is 0 Å². The average molecular weight is 408 g/mol. The standard InChI is InChI=1S/C18H22ClN5O4/c1-28-18-16(24(26)27)13-23(20-18)6-5-17(25)22-9-7-21(8-10-22)12-14-3-2-4-15(19)11-14/h2-4,11,13H,5-10,12H2,1H3. The van der Waals surface area contributed by atoms with E-state index < -0.39 is 4.92 Å². The van der Waals surface area contributed by atoms with Gasteiger partial charge < -0.3 is 9.64 Å². The number of aryl methyl sites for hydroxylation is 1. The SMILES string of the molecule is COc1nn(CCC(=O)N2CCN(Cc3cccc(Cl)c3)CC2)cc1[N+](=O)[O-]. The minimum atomic E-state index is -0.552. The number of piperazine rings is 1. The van der Waals surface area contributed by atoms with Crippen LogP contribution in [-0.4, -0.2) is 63.7 Å². The van der Waals surface area contributed by atoms with Crippen molar-refractivity contribution >= 4 is 23.2 Å². The number of amides is 1. The van der Waals surface area contributed by atoms with E-state index in [1.807, 2.05) is 29.2 Å². The van der Waals surface area contributed by atoms with Gasteiger partial charge >= 0.3 is 11.6 Å². The maximum atomic E-state index is 12.5. The van der Waals surface area contributed by atoms with E-state index >= 15 is 0 Å². The minimum absolute atomic E-state index is 0.0134. The number of ether oxygens (including phenoxy) is 1. The summed E-state index contributed by atoms with van der Waals surface area (Å²) in [6.45, 7) is 3.97. The quantitative estimate of drug-likeness (QED) is 0.516. The highest BCUT2D eigenvalue weighted by molar-refractivity contribution is 6.30. The molecule has 28 heavy (non-hydrogen) atoms. The molecule has 150 valence electrons. The minimum Gasteiger partial charge on any atom is -0.475 e. The summed E-state index contributed by atoms with van der Waals surface area (Å²) < 4.78 is 6.27. The van der Waals surface area contributed by atoms with Gasteiger partial charge in [0.25, 0.3) is 0 Å². The largest absolute Gasteiger partial charge is 0.475 e. The van der Waals surface area contributed by atoms with Crippen molar-refractivity contribution < 1.29 is 14.5 Å². The molecular weight excluding hydrogens is 386 g/mol. The Morgan fingerprint density at radius 1 is 1.32 bits per heavy atom. The Bertz CT molecular complexity index is 848. The number of hydrogen-bond acceptors (Lipinski definition) is 6. The summed E-state index contributed by atoms with van der Waals surface area (Å²) in [5.74, 6) is -0.0356. The molecular formula is C18H22ClN5O4. The van der Waals surface area contributed by atoms with Crippen LogP contribution in [-0.2, 0) is 17.9 Å². The molecule has 1 aliphatic rings. The van der Waals surface area contributed by atoms with Crippen molar-refractivity contribution in [3.05, 3.63) is 51.2 Å². The van der Waals surface area contributed by atoms with Crippen molar-refractivity contribution in [2.24, 2.45) is 0 Å². The lowest BCUT2D eigenvalue weighted by atomic mass is 10.2. The number of nitrogens with zero attached hydrogens (tertiary/aromatic N) is 5. The zero-order valence-electron chi connectivity index (χ0n) is 15.6. The number of benzene rings is 1. The molecule has 0 saturated carbocycles. The van der Waals surface area contributed by atoms with Gasteiger partial charge in [-0.15, -0.1) is 5.10 Å². The van der Waals surface area contributed by atoms with Crippen LogP contribution in [0.4, 0.5) is 5.69 Å².